The van der Waals surface area contributed by atoms with Gasteiger partial charge in [0.25, 0.3) is 0 Å². The van der Waals surface area contributed by atoms with E-state index in [2.05, 4.69) is 15.3 Å². The van der Waals surface area contributed by atoms with Gasteiger partial charge in [-0.3, -0.25) is 0 Å². The highest BCUT2D eigenvalue weighted by Crippen LogP contribution is 2.19. The minimum atomic E-state index is -0.591. The maximum absolute atomic E-state index is 13.1. The molecule has 2 aromatic rings. The molecule has 1 aromatic heterocycles. The van der Waals surface area contributed by atoms with E-state index in [1.807, 2.05) is 6.07 Å². The fourth-order valence-corrected chi connectivity index (χ4v) is 1.34. The Balaban J connectivity index is 2.36. The van der Waals surface area contributed by atoms with E-state index in [0.29, 0.717) is 11.5 Å². The molecular formula is C12H6FN5. The summed E-state index contributed by atoms with van der Waals surface area (Å²) < 4.78 is 13.1. The van der Waals surface area contributed by atoms with Gasteiger partial charge < -0.3 is 5.32 Å². The summed E-state index contributed by atoms with van der Waals surface area (Å²) in [5.74, 6) is -0.283. The number of anilines is 2. The second-order valence-electron chi connectivity index (χ2n) is 3.33. The molecule has 0 atom stereocenters. The molecular weight excluding hydrogens is 233 g/mol. The molecule has 0 saturated heterocycles. The Labute approximate surface area is 102 Å². The summed E-state index contributed by atoms with van der Waals surface area (Å²) in [6, 6.07) is 7.64. The molecule has 1 heterocycles. The van der Waals surface area contributed by atoms with Gasteiger partial charge in [-0.2, -0.15) is 10.5 Å². The monoisotopic (exact) mass is 239 g/mol. The molecule has 1 aromatic carbocycles. The van der Waals surface area contributed by atoms with Gasteiger partial charge in [-0.05, 0) is 18.2 Å². The van der Waals surface area contributed by atoms with Crippen LogP contribution in [0.25, 0.3) is 0 Å². The fraction of sp³-hybridized carbons (Fsp3) is 0. The molecule has 0 bridgehead atoms. The Hall–Kier alpha value is -2.99. The Morgan fingerprint density at radius 2 is 1.94 bits per heavy atom. The van der Waals surface area contributed by atoms with Crippen molar-refractivity contribution in [2.45, 2.75) is 0 Å². The van der Waals surface area contributed by atoms with Crippen LogP contribution >= 0.6 is 0 Å². The predicted octanol–water partition coefficient (Wildman–Crippen LogP) is 2.10. The van der Waals surface area contributed by atoms with Crippen molar-refractivity contribution in [1.29, 1.82) is 10.5 Å². The molecule has 0 spiro atoms. The maximum atomic E-state index is 13.1. The standard InChI is InChI=1S/C12H6FN5/c13-11-2-1-10(3-8(11)4-14)18-12-9(5-15)6-16-7-17-12/h1-3,6-7H,(H,16,17,18). The average molecular weight is 239 g/mol. The highest BCUT2D eigenvalue weighted by molar-refractivity contribution is 5.63. The predicted molar refractivity (Wildman–Crippen MR) is 61.1 cm³/mol. The fourth-order valence-electron chi connectivity index (χ4n) is 1.34. The third-order valence-electron chi connectivity index (χ3n) is 2.18. The maximum Gasteiger partial charge on any atom is 0.151 e. The minimum absolute atomic E-state index is 0.0763. The third-order valence-corrected chi connectivity index (χ3v) is 2.18. The van der Waals surface area contributed by atoms with Crippen LogP contribution in [0.1, 0.15) is 11.1 Å². The largest absolute Gasteiger partial charge is 0.339 e. The van der Waals surface area contributed by atoms with Gasteiger partial charge >= 0.3 is 0 Å². The highest BCUT2D eigenvalue weighted by atomic mass is 19.1. The first-order chi connectivity index (χ1) is 8.74. The van der Waals surface area contributed by atoms with E-state index >= 15 is 0 Å². The Morgan fingerprint density at radius 1 is 1.17 bits per heavy atom. The number of hydrogen-bond acceptors (Lipinski definition) is 5. The second-order valence-corrected chi connectivity index (χ2v) is 3.33. The number of nitrogens with zero attached hydrogens (tertiary/aromatic N) is 4. The average Bonchev–Trinajstić information content (AvgIpc) is 2.41. The summed E-state index contributed by atoms with van der Waals surface area (Å²) in [6.07, 6.45) is 2.65. The zero-order valence-corrected chi connectivity index (χ0v) is 9.05. The van der Waals surface area contributed by atoms with Crippen LogP contribution in [0.3, 0.4) is 0 Å². The molecule has 86 valence electrons. The van der Waals surface area contributed by atoms with E-state index in [4.69, 9.17) is 10.5 Å². The number of rotatable bonds is 2. The van der Waals surface area contributed by atoms with E-state index in [1.165, 1.54) is 30.7 Å². The molecule has 1 N–H and O–H groups in total. The van der Waals surface area contributed by atoms with Crippen molar-refractivity contribution >= 4 is 11.5 Å². The van der Waals surface area contributed by atoms with E-state index in [0.717, 1.165) is 0 Å². The number of nitriles is 2. The molecule has 0 aliphatic carbocycles. The van der Waals surface area contributed by atoms with E-state index in [9.17, 15) is 4.39 Å². The second kappa shape index (κ2) is 4.89. The van der Waals surface area contributed by atoms with Crippen LogP contribution in [0.2, 0.25) is 0 Å². The van der Waals surface area contributed by atoms with Crippen molar-refractivity contribution in [2.24, 2.45) is 0 Å². The van der Waals surface area contributed by atoms with Crippen LogP contribution in [-0.2, 0) is 0 Å². The van der Waals surface area contributed by atoms with Crippen molar-refractivity contribution in [2.75, 3.05) is 5.32 Å². The van der Waals surface area contributed by atoms with Crippen molar-refractivity contribution in [1.82, 2.24) is 9.97 Å². The summed E-state index contributed by atoms with van der Waals surface area (Å²) in [5, 5.41) is 20.4. The molecule has 0 amide bonds. The first kappa shape index (κ1) is 11.5. The van der Waals surface area contributed by atoms with Gasteiger partial charge in [0.1, 0.15) is 29.8 Å². The summed E-state index contributed by atoms with van der Waals surface area (Å²) >= 11 is 0. The van der Waals surface area contributed by atoms with Crippen molar-refractivity contribution in [3.63, 3.8) is 0 Å². The number of hydrogen-bond donors (Lipinski definition) is 1. The number of benzene rings is 1. The van der Waals surface area contributed by atoms with Crippen molar-refractivity contribution in [3.8, 4) is 12.1 Å². The van der Waals surface area contributed by atoms with E-state index in [1.54, 1.807) is 6.07 Å². The van der Waals surface area contributed by atoms with Gasteiger partial charge in [-0.15, -0.1) is 0 Å². The van der Waals surface area contributed by atoms with Crippen LogP contribution in [0, 0.1) is 28.5 Å². The Morgan fingerprint density at radius 3 is 2.67 bits per heavy atom. The summed E-state index contributed by atoms with van der Waals surface area (Å²) in [4.78, 5) is 7.62. The lowest BCUT2D eigenvalue weighted by molar-refractivity contribution is 0.624. The lowest BCUT2D eigenvalue weighted by atomic mass is 10.2. The number of nitrogens with one attached hydrogen (secondary N) is 1. The van der Waals surface area contributed by atoms with Crippen molar-refractivity contribution < 1.29 is 4.39 Å². The molecule has 2 rings (SSSR count). The van der Waals surface area contributed by atoms with Crippen LogP contribution < -0.4 is 5.32 Å². The smallest absolute Gasteiger partial charge is 0.151 e. The number of aromatic nitrogens is 2. The molecule has 5 nitrogen and oxygen atoms in total. The van der Waals surface area contributed by atoms with Crippen molar-refractivity contribution in [3.05, 3.63) is 47.7 Å². The van der Waals surface area contributed by atoms with Gasteiger partial charge in [0, 0.05) is 5.69 Å². The van der Waals surface area contributed by atoms with Crippen LogP contribution in [-0.4, -0.2) is 9.97 Å². The van der Waals surface area contributed by atoms with Crippen LogP contribution in [0.15, 0.2) is 30.7 Å². The van der Waals surface area contributed by atoms with Gasteiger partial charge in [0.15, 0.2) is 5.82 Å². The zero-order valence-electron chi connectivity index (χ0n) is 9.05. The van der Waals surface area contributed by atoms with E-state index in [-0.39, 0.29) is 11.1 Å². The molecule has 0 radical (unpaired) electrons. The molecule has 18 heavy (non-hydrogen) atoms. The van der Waals surface area contributed by atoms with Crippen LogP contribution in [0.4, 0.5) is 15.9 Å². The minimum Gasteiger partial charge on any atom is -0.339 e. The topological polar surface area (TPSA) is 85.4 Å². The normalized spacial score (nSPS) is 9.28. The third kappa shape index (κ3) is 2.23. The van der Waals surface area contributed by atoms with Gasteiger partial charge in [0.2, 0.25) is 0 Å². The first-order valence-corrected chi connectivity index (χ1v) is 4.91. The van der Waals surface area contributed by atoms with Gasteiger partial charge in [-0.1, -0.05) is 0 Å². The zero-order chi connectivity index (χ0) is 13.0. The van der Waals surface area contributed by atoms with Crippen LogP contribution in [0.5, 0.6) is 0 Å². The molecule has 0 saturated carbocycles. The lowest BCUT2D eigenvalue weighted by Gasteiger charge is -2.06. The Kier molecular flexibility index (Phi) is 3.13. The molecule has 6 heteroatoms. The SMILES string of the molecule is N#Cc1cc(Nc2ncncc2C#N)ccc1F. The highest BCUT2D eigenvalue weighted by Gasteiger charge is 2.06. The van der Waals surface area contributed by atoms with E-state index < -0.39 is 5.82 Å². The summed E-state index contributed by atoms with van der Waals surface area (Å²) in [6.45, 7) is 0. The molecule has 0 aliphatic rings. The summed E-state index contributed by atoms with van der Waals surface area (Å²) in [5.41, 5.74) is 0.663. The Bertz CT molecular complexity index is 669. The number of halogens is 1. The molecule has 0 unspecified atom stereocenters. The van der Waals surface area contributed by atoms with Gasteiger partial charge in [0.05, 0.1) is 11.8 Å². The molecule has 0 aliphatic heterocycles. The lowest BCUT2D eigenvalue weighted by Crippen LogP contribution is -1.98. The molecule has 0 fully saturated rings. The summed E-state index contributed by atoms with van der Waals surface area (Å²) in [7, 11) is 0. The van der Waals surface area contributed by atoms with Gasteiger partial charge in [-0.25, -0.2) is 14.4 Å². The first-order valence-electron chi connectivity index (χ1n) is 4.91. The quantitative estimate of drug-likeness (QED) is 0.867.